The third kappa shape index (κ3) is 3.87. The molecule has 20 heavy (non-hydrogen) atoms. The van der Waals surface area contributed by atoms with Crippen molar-refractivity contribution in [1.29, 1.82) is 0 Å². The summed E-state index contributed by atoms with van der Waals surface area (Å²) in [4.78, 5) is 4.79. The number of rotatable bonds is 4. The van der Waals surface area contributed by atoms with Gasteiger partial charge in [-0.3, -0.25) is 0 Å². The highest BCUT2D eigenvalue weighted by molar-refractivity contribution is 6.30. The first-order chi connectivity index (χ1) is 9.47. The largest absolute Gasteiger partial charge is 0.370 e. The van der Waals surface area contributed by atoms with Crippen LogP contribution in [0, 0.1) is 0 Å². The van der Waals surface area contributed by atoms with Crippen molar-refractivity contribution in [2.24, 2.45) is 0 Å². The molecule has 0 spiro atoms. The lowest BCUT2D eigenvalue weighted by molar-refractivity contribution is 0.196. The standard InChI is InChI=1S/C16H26ClN3/c1-12(2)18-15-9-10-20(11-16(15)19(3)4)14-7-5-13(17)6-8-14/h5-8,12,15-16,18H,9-11H2,1-4H3. The molecule has 1 N–H and O–H groups in total. The highest BCUT2D eigenvalue weighted by atomic mass is 35.5. The van der Waals surface area contributed by atoms with Gasteiger partial charge in [-0.15, -0.1) is 0 Å². The van der Waals surface area contributed by atoms with E-state index in [9.17, 15) is 0 Å². The van der Waals surface area contributed by atoms with E-state index in [1.165, 1.54) is 12.1 Å². The number of nitrogens with one attached hydrogen (secondary N) is 1. The predicted octanol–water partition coefficient (Wildman–Crippen LogP) is 2.85. The summed E-state index contributed by atoms with van der Waals surface area (Å²) in [6, 6.07) is 9.80. The summed E-state index contributed by atoms with van der Waals surface area (Å²) < 4.78 is 0. The Morgan fingerprint density at radius 1 is 1.25 bits per heavy atom. The number of halogens is 1. The molecule has 2 atom stereocenters. The molecule has 112 valence electrons. The highest BCUT2D eigenvalue weighted by Gasteiger charge is 2.30. The number of piperidine rings is 1. The number of nitrogens with zero attached hydrogens (tertiary/aromatic N) is 2. The second kappa shape index (κ2) is 6.79. The SMILES string of the molecule is CC(C)NC1CCN(c2ccc(Cl)cc2)CC1N(C)C. The lowest BCUT2D eigenvalue weighted by atomic mass is 9.97. The van der Waals surface area contributed by atoms with E-state index in [0.29, 0.717) is 18.1 Å². The maximum atomic E-state index is 5.97. The molecule has 1 saturated heterocycles. The third-order valence-electron chi connectivity index (χ3n) is 3.98. The number of hydrogen-bond acceptors (Lipinski definition) is 3. The van der Waals surface area contributed by atoms with Gasteiger partial charge in [0.1, 0.15) is 0 Å². The van der Waals surface area contributed by atoms with E-state index >= 15 is 0 Å². The fourth-order valence-corrected chi connectivity index (χ4v) is 3.09. The van der Waals surface area contributed by atoms with Crippen LogP contribution in [-0.2, 0) is 0 Å². The van der Waals surface area contributed by atoms with Gasteiger partial charge < -0.3 is 15.1 Å². The molecule has 1 aliphatic heterocycles. The molecule has 1 aliphatic rings. The van der Waals surface area contributed by atoms with Crippen molar-refractivity contribution in [3.8, 4) is 0 Å². The summed E-state index contributed by atoms with van der Waals surface area (Å²) in [5.41, 5.74) is 1.27. The van der Waals surface area contributed by atoms with Crippen LogP contribution in [-0.4, -0.2) is 50.2 Å². The van der Waals surface area contributed by atoms with Crippen LogP contribution < -0.4 is 10.2 Å². The van der Waals surface area contributed by atoms with Crippen LogP contribution in [0.1, 0.15) is 20.3 Å². The molecule has 1 aromatic carbocycles. The van der Waals surface area contributed by atoms with Gasteiger partial charge in [0, 0.05) is 41.9 Å². The van der Waals surface area contributed by atoms with Crippen LogP contribution in [0.2, 0.25) is 5.02 Å². The second-order valence-electron chi connectivity index (χ2n) is 6.17. The van der Waals surface area contributed by atoms with Gasteiger partial charge >= 0.3 is 0 Å². The van der Waals surface area contributed by atoms with E-state index in [1.54, 1.807) is 0 Å². The highest BCUT2D eigenvalue weighted by Crippen LogP contribution is 2.23. The molecule has 1 heterocycles. The molecule has 0 bridgehead atoms. The Balaban J connectivity index is 2.07. The molecule has 2 rings (SSSR count). The van der Waals surface area contributed by atoms with Gasteiger partial charge in [0.2, 0.25) is 0 Å². The van der Waals surface area contributed by atoms with Crippen molar-refractivity contribution in [3.63, 3.8) is 0 Å². The minimum Gasteiger partial charge on any atom is -0.370 e. The summed E-state index contributed by atoms with van der Waals surface area (Å²) in [6.07, 6.45) is 1.17. The Hall–Kier alpha value is -0.770. The molecular formula is C16H26ClN3. The van der Waals surface area contributed by atoms with Crippen LogP contribution in [0.25, 0.3) is 0 Å². The van der Waals surface area contributed by atoms with E-state index in [-0.39, 0.29) is 0 Å². The van der Waals surface area contributed by atoms with Gasteiger partial charge in [-0.25, -0.2) is 0 Å². The molecule has 1 fully saturated rings. The van der Waals surface area contributed by atoms with Crippen LogP contribution in [0.3, 0.4) is 0 Å². The first kappa shape index (κ1) is 15.6. The van der Waals surface area contributed by atoms with Crippen LogP contribution in [0.4, 0.5) is 5.69 Å². The minimum atomic E-state index is 0.529. The molecule has 1 aromatic rings. The predicted molar refractivity (Wildman–Crippen MR) is 87.8 cm³/mol. The summed E-state index contributed by atoms with van der Waals surface area (Å²) in [6.45, 7) is 6.59. The smallest absolute Gasteiger partial charge is 0.0419 e. The van der Waals surface area contributed by atoms with Crippen molar-refractivity contribution in [2.75, 3.05) is 32.1 Å². The van der Waals surface area contributed by atoms with E-state index in [1.807, 2.05) is 12.1 Å². The number of anilines is 1. The lowest BCUT2D eigenvalue weighted by Gasteiger charge is -2.43. The van der Waals surface area contributed by atoms with Crippen molar-refractivity contribution in [3.05, 3.63) is 29.3 Å². The Bertz CT molecular complexity index is 416. The van der Waals surface area contributed by atoms with Crippen molar-refractivity contribution < 1.29 is 0 Å². The molecule has 0 aromatic heterocycles. The van der Waals surface area contributed by atoms with Crippen LogP contribution in [0.5, 0.6) is 0 Å². The molecule has 4 heteroatoms. The molecule has 3 nitrogen and oxygen atoms in total. The Kier molecular flexibility index (Phi) is 5.30. The second-order valence-corrected chi connectivity index (χ2v) is 6.61. The van der Waals surface area contributed by atoms with E-state index in [2.05, 4.69) is 55.2 Å². The topological polar surface area (TPSA) is 18.5 Å². The fraction of sp³-hybridized carbons (Fsp3) is 0.625. The van der Waals surface area contributed by atoms with Gasteiger partial charge in [0.25, 0.3) is 0 Å². The quantitative estimate of drug-likeness (QED) is 0.921. The zero-order valence-corrected chi connectivity index (χ0v) is 13.7. The molecule has 0 amide bonds. The van der Waals surface area contributed by atoms with Gasteiger partial charge in [-0.05, 0) is 44.8 Å². The molecule has 0 radical (unpaired) electrons. The first-order valence-corrected chi connectivity index (χ1v) is 7.78. The zero-order valence-electron chi connectivity index (χ0n) is 12.9. The summed E-state index contributed by atoms with van der Waals surface area (Å²) >= 11 is 5.97. The maximum Gasteiger partial charge on any atom is 0.0419 e. The number of likely N-dealkylation sites (N-methyl/N-ethyl adjacent to an activating group) is 1. The van der Waals surface area contributed by atoms with E-state index < -0.39 is 0 Å². The van der Waals surface area contributed by atoms with Gasteiger partial charge in [-0.1, -0.05) is 25.4 Å². The van der Waals surface area contributed by atoms with Crippen LogP contribution >= 0.6 is 11.6 Å². The molecule has 0 saturated carbocycles. The van der Waals surface area contributed by atoms with Crippen molar-refractivity contribution >= 4 is 17.3 Å². The Morgan fingerprint density at radius 2 is 1.90 bits per heavy atom. The average molecular weight is 296 g/mol. The lowest BCUT2D eigenvalue weighted by Crippen LogP contribution is -2.59. The first-order valence-electron chi connectivity index (χ1n) is 7.40. The fourth-order valence-electron chi connectivity index (χ4n) is 2.96. The molecule has 0 aliphatic carbocycles. The Morgan fingerprint density at radius 3 is 2.45 bits per heavy atom. The maximum absolute atomic E-state index is 5.97. The summed E-state index contributed by atoms with van der Waals surface area (Å²) in [5.74, 6) is 0. The van der Waals surface area contributed by atoms with Gasteiger partial charge in [-0.2, -0.15) is 0 Å². The number of benzene rings is 1. The van der Waals surface area contributed by atoms with Gasteiger partial charge in [0.05, 0.1) is 0 Å². The normalized spacial score (nSPS) is 23.6. The van der Waals surface area contributed by atoms with Crippen molar-refractivity contribution in [2.45, 2.75) is 38.4 Å². The summed E-state index contributed by atoms with van der Waals surface area (Å²) in [5, 5.41) is 4.51. The van der Waals surface area contributed by atoms with Crippen LogP contribution in [0.15, 0.2) is 24.3 Å². The third-order valence-corrected chi connectivity index (χ3v) is 4.24. The van der Waals surface area contributed by atoms with E-state index in [0.717, 1.165) is 18.1 Å². The molecular weight excluding hydrogens is 270 g/mol. The average Bonchev–Trinajstić information content (AvgIpc) is 2.39. The Labute approximate surface area is 127 Å². The number of hydrogen-bond donors (Lipinski definition) is 1. The minimum absolute atomic E-state index is 0.529. The van der Waals surface area contributed by atoms with Crippen molar-refractivity contribution in [1.82, 2.24) is 10.2 Å². The summed E-state index contributed by atoms with van der Waals surface area (Å²) in [7, 11) is 4.34. The van der Waals surface area contributed by atoms with E-state index in [4.69, 9.17) is 11.6 Å². The monoisotopic (exact) mass is 295 g/mol. The van der Waals surface area contributed by atoms with Gasteiger partial charge in [0.15, 0.2) is 0 Å². The molecule has 2 unspecified atom stereocenters. The zero-order chi connectivity index (χ0) is 14.7.